The van der Waals surface area contributed by atoms with Gasteiger partial charge < -0.3 is 14.2 Å². The molecule has 0 N–H and O–H groups in total. The second-order valence-corrected chi connectivity index (χ2v) is 4.97. The first-order valence-electron chi connectivity index (χ1n) is 7.22. The van der Waals surface area contributed by atoms with E-state index in [1.54, 1.807) is 56.1 Å². The van der Waals surface area contributed by atoms with Gasteiger partial charge in [-0.2, -0.15) is 4.98 Å². The van der Waals surface area contributed by atoms with E-state index in [0.717, 1.165) is 5.56 Å². The molecule has 1 amide bonds. The number of pyridine rings is 2. The van der Waals surface area contributed by atoms with Gasteiger partial charge >= 0.3 is 0 Å². The fourth-order valence-electron chi connectivity index (χ4n) is 1.92. The third-order valence-corrected chi connectivity index (χ3v) is 3.20. The molecular weight excluding hydrogens is 310 g/mol. The summed E-state index contributed by atoms with van der Waals surface area (Å²) in [6, 6.07) is 7.04. The molecule has 3 rings (SSSR count). The van der Waals surface area contributed by atoms with Gasteiger partial charge in [0, 0.05) is 31.2 Å². The molecule has 8 nitrogen and oxygen atoms in total. The average Bonchev–Trinajstić information content (AvgIpc) is 3.10. The summed E-state index contributed by atoms with van der Waals surface area (Å²) in [5, 5.41) is 3.90. The maximum absolute atomic E-state index is 12.1. The van der Waals surface area contributed by atoms with Crippen molar-refractivity contribution in [2.24, 2.45) is 0 Å². The molecule has 3 aromatic rings. The summed E-state index contributed by atoms with van der Waals surface area (Å²) in [5.74, 6) is 1.14. The van der Waals surface area contributed by atoms with Crippen molar-refractivity contribution in [1.29, 1.82) is 0 Å². The van der Waals surface area contributed by atoms with E-state index < -0.39 is 0 Å². The number of rotatable bonds is 6. The molecule has 0 fully saturated rings. The molecule has 0 aromatic carbocycles. The van der Waals surface area contributed by atoms with Crippen LogP contribution in [-0.4, -0.2) is 44.6 Å². The molecule has 8 heteroatoms. The Morgan fingerprint density at radius 3 is 2.79 bits per heavy atom. The normalized spacial score (nSPS) is 10.4. The highest BCUT2D eigenvalue weighted by Gasteiger charge is 2.15. The number of carbonyl (C=O) groups is 1. The summed E-state index contributed by atoms with van der Waals surface area (Å²) >= 11 is 0. The summed E-state index contributed by atoms with van der Waals surface area (Å²) in [6.45, 7) is 0.112. The molecule has 3 aromatic heterocycles. The first kappa shape index (κ1) is 15.6. The minimum atomic E-state index is -0.206. The maximum atomic E-state index is 12.1. The molecule has 0 unspecified atom stereocenters. The molecule has 3 heterocycles. The van der Waals surface area contributed by atoms with Crippen LogP contribution in [0.15, 0.2) is 53.6 Å². The van der Waals surface area contributed by atoms with E-state index in [2.05, 4.69) is 20.1 Å². The van der Waals surface area contributed by atoms with Gasteiger partial charge in [0.2, 0.25) is 11.7 Å². The van der Waals surface area contributed by atoms with Gasteiger partial charge in [0.15, 0.2) is 6.61 Å². The monoisotopic (exact) mass is 325 g/mol. The van der Waals surface area contributed by atoms with Crippen LogP contribution in [0.5, 0.6) is 5.75 Å². The predicted molar refractivity (Wildman–Crippen MR) is 83.7 cm³/mol. The lowest BCUT2D eigenvalue weighted by atomic mass is 10.2. The number of hydrogen-bond acceptors (Lipinski definition) is 7. The standard InChI is InChI=1S/C16H15N5O3/c1-21(15(22)11-23-13-3-2-6-18-9-13)10-14-19-16(20-24-14)12-4-7-17-8-5-12/h2-9H,10-11H2,1H3. The van der Waals surface area contributed by atoms with Crippen LogP contribution in [0.1, 0.15) is 5.89 Å². The van der Waals surface area contributed by atoms with Crippen molar-refractivity contribution in [3.8, 4) is 17.1 Å². The molecule has 0 saturated carbocycles. The Morgan fingerprint density at radius 2 is 2.04 bits per heavy atom. The van der Waals surface area contributed by atoms with Crippen molar-refractivity contribution in [3.05, 3.63) is 54.9 Å². The Kier molecular flexibility index (Phi) is 4.76. The van der Waals surface area contributed by atoms with Crippen LogP contribution < -0.4 is 4.74 Å². The van der Waals surface area contributed by atoms with E-state index in [9.17, 15) is 4.79 Å². The van der Waals surface area contributed by atoms with Gasteiger partial charge in [0.25, 0.3) is 5.91 Å². The Hall–Kier alpha value is -3.29. The molecule has 0 spiro atoms. The second kappa shape index (κ2) is 7.32. The van der Waals surface area contributed by atoms with E-state index >= 15 is 0 Å². The third kappa shape index (κ3) is 3.92. The summed E-state index contributed by atoms with van der Waals surface area (Å²) in [4.78, 5) is 25.7. The number of ether oxygens (including phenoxy) is 1. The van der Waals surface area contributed by atoms with E-state index in [0.29, 0.717) is 17.5 Å². The molecule has 24 heavy (non-hydrogen) atoms. The minimum Gasteiger partial charge on any atom is -0.482 e. The summed E-state index contributed by atoms with van der Waals surface area (Å²) in [7, 11) is 1.64. The van der Waals surface area contributed by atoms with Crippen LogP contribution in [-0.2, 0) is 11.3 Å². The van der Waals surface area contributed by atoms with Crippen molar-refractivity contribution >= 4 is 5.91 Å². The highest BCUT2D eigenvalue weighted by atomic mass is 16.5. The lowest BCUT2D eigenvalue weighted by molar-refractivity contribution is -0.132. The van der Waals surface area contributed by atoms with Crippen molar-refractivity contribution in [1.82, 2.24) is 25.0 Å². The first-order chi connectivity index (χ1) is 11.7. The Morgan fingerprint density at radius 1 is 1.21 bits per heavy atom. The van der Waals surface area contributed by atoms with Crippen molar-refractivity contribution < 1.29 is 14.1 Å². The van der Waals surface area contributed by atoms with E-state index in [4.69, 9.17) is 9.26 Å². The van der Waals surface area contributed by atoms with Crippen molar-refractivity contribution in [2.75, 3.05) is 13.7 Å². The zero-order valence-electron chi connectivity index (χ0n) is 13.0. The average molecular weight is 325 g/mol. The molecule has 0 aliphatic rings. The Labute approximate surface area is 138 Å². The van der Waals surface area contributed by atoms with E-state index in [1.165, 1.54) is 4.90 Å². The summed E-state index contributed by atoms with van der Waals surface area (Å²) in [6.07, 6.45) is 6.48. The number of hydrogen-bond donors (Lipinski definition) is 0. The SMILES string of the molecule is CN(Cc1nc(-c2ccncc2)no1)C(=O)COc1cccnc1. The molecule has 0 saturated heterocycles. The zero-order chi connectivity index (χ0) is 16.8. The van der Waals surface area contributed by atoms with Crippen molar-refractivity contribution in [3.63, 3.8) is 0 Å². The van der Waals surface area contributed by atoms with Crippen LogP contribution in [0, 0.1) is 0 Å². The Balaban J connectivity index is 1.55. The van der Waals surface area contributed by atoms with Gasteiger partial charge in [-0.25, -0.2) is 0 Å². The molecule has 122 valence electrons. The van der Waals surface area contributed by atoms with Gasteiger partial charge in [-0.05, 0) is 24.3 Å². The second-order valence-electron chi connectivity index (χ2n) is 4.97. The number of likely N-dealkylation sites (N-methyl/N-ethyl adjacent to an activating group) is 1. The quantitative estimate of drug-likeness (QED) is 0.679. The summed E-state index contributed by atoms with van der Waals surface area (Å²) in [5.41, 5.74) is 0.800. The van der Waals surface area contributed by atoms with E-state index in [1.807, 2.05) is 0 Å². The van der Waals surface area contributed by atoms with Crippen molar-refractivity contribution in [2.45, 2.75) is 6.54 Å². The van der Waals surface area contributed by atoms with Crippen LogP contribution in [0.25, 0.3) is 11.4 Å². The minimum absolute atomic E-state index is 0.0897. The number of amides is 1. The van der Waals surface area contributed by atoms with Crippen LogP contribution >= 0.6 is 0 Å². The molecule has 0 bridgehead atoms. The molecule has 0 radical (unpaired) electrons. The smallest absolute Gasteiger partial charge is 0.260 e. The van der Waals surface area contributed by atoms with Crippen LogP contribution in [0.3, 0.4) is 0 Å². The highest BCUT2D eigenvalue weighted by molar-refractivity contribution is 5.77. The zero-order valence-corrected chi connectivity index (χ0v) is 13.0. The highest BCUT2D eigenvalue weighted by Crippen LogP contribution is 2.14. The fraction of sp³-hybridized carbons (Fsp3) is 0.188. The molecule has 0 aliphatic carbocycles. The molecular formula is C16H15N5O3. The number of nitrogens with zero attached hydrogens (tertiary/aromatic N) is 5. The maximum Gasteiger partial charge on any atom is 0.260 e. The third-order valence-electron chi connectivity index (χ3n) is 3.20. The lowest BCUT2D eigenvalue weighted by Gasteiger charge is -2.14. The molecule has 0 atom stereocenters. The summed E-state index contributed by atoms with van der Waals surface area (Å²) < 4.78 is 10.6. The molecule has 0 aliphatic heterocycles. The largest absolute Gasteiger partial charge is 0.482 e. The lowest BCUT2D eigenvalue weighted by Crippen LogP contribution is -2.31. The fourth-order valence-corrected chi connectivity index (χ4v) is 1.92. The predicted octanol–water partition coefficient (Wildman–Crippen LogP) is 1.56. The first-order valence-corrected chi connectivity index (χ1v) is 7.22. The van der Waals surface area contributed by atoms with Gasteiger partial charge in [0.05, 0.1) is 12.7 Å². The number of carbonyl (C=O) groups excluding carboxylic acids is 1. The van der Waals surface area contributed by atoms with Gasteiger partial charge in [-0.3, -0.25) is 14.8 Å². The van der Waals surface area contributed by atoms with E-state index in [-0.39, 0.29) is 19.1 Å². The number of aromatic nitrogens is 4. The van der Waals surface area contributed by atoms with Crippen LogP contribution in [0.4, 0.5) is 0 Å². The van der Waals surface area contributed by atoms with Gasteiger partial charge in [-0.1, -0.05) is 5.16 Å². The Bertz CT molecular complexity index is 792. The topological polar surface area (TPSA) is 94.2 Å². The van der Waals surface area contributed by atoms with Crippen LogP contribution in [0.2, 0.25) is 0 Å². The van der Waals surface area contributed by atoms with Gasteiger partial charge in [0.1, 0.15) is 5.75 Å². The van der Waals surface area contributed by atoms with Gasteiger partial charge in [-0.15, -0.1) is 0 Å².